The second-order valence-electron chi connectivity index (χ2n) is 4.29. The van der Waals surface area contributed by atoms with Gasteiger partial charge in [0.1, 0.15) is 0 Å². The fourth-order valence-corrected chi connectivity index (χ4v) is 2.29. The molecular weight excluding hydrogens is 182 g/mol. The second-order valence-corrected chi connectivity index (χ2v) is 4.29. The van der Waals surface area contributed by atoms with Crippen LogP contribution >= 0.6 is 0 Å². The van der Waals surface area contributed by atoms with Crippen molar-refractivity contribution in [2.24, 2.45) is 0 Å². The van der Waals surface area contributed by atoms with E-state index in [0.717, 1.165) is 0 Å². The molecule has 1 unspecified atom stereocenters. The summed E-state index contributed by atoms with van der Waals surface area (Å²) < 4.78 is 0. The van der Waals surface area contributed by atoms with E-state index in [1.54, 1.807) is 0 Å². The van der Waals surface area contributed by atoms with Crippen LogP contribution in [-0.2, 0) is 0 Å². The third-order valence-electron chi connectivity index (χ3n) is 3.32. The molecule has 1 aromatic carbocycles. The third-order valence-corrected chi connectivity index (χ3v) is 3.32. The van der Waals surface area contributed by atoms with Crippen LogP contribution in [0.25, 0.3) is 6.08 Å². The molecular formula is C14H19N. The van der Waals surface area contributed by atoms with Crippen molar-refractivity contribution < 1.29 is 0 Å². The molecule has 1 atom stereocenters. The Hall–Kier alpha value is -1.08. The summed E-state index contributed by atoms with van der Waals surface area (Å²) in [4.78, 5) is 2.56. The summed E-state index contributed by atoms with van der Waals surface area (Å²) in [6.07, 6.45) is 4.62. The lowest BCUT2D eigenvalue weighted by molar-refractivity contribution is 0.263. The molecule has 1 aliphatic rings. The quantitative estimate of drug-likeness (QED) is 0.723. The molecule has 0 aromatic heterocycles. The predicted molar refractivity (Wildman–Crippen MR) is 65.8 cm³/mol. The third kappa shape index (κ3) is 2.29. The van der Waals surface area contributed by atoms with Crippen LogP contribution in [-0.4, -0.2) is 18.0 Å². The summed E-state index contributed by atoms with van der Waals surface area (Å²) in [6, 6.07) is 9.24. The Balaban J connectivity index is 2.16. The topological polar surface area (TPSA) is 3.24 Å². The van der Waals surface area contributed by atoms with Crippen molar-refractivity contribution in [3.05, 3.63) is 42.0 Å². The Morgan fingerprint density at radius 2 is 2.07 bits per heavy atom. The lowest BCUT2D eigenvalue weighted by Gasteiger charge is -2.24. The van der Waals surface area contributed by atoms with Crippen molar-refractivity contribution in [2.45, 2.75) is 25.8 Å². The molecule has 1 aromatic rings. The Morgan fingerprint density at radius 1 is 1.33 bits per heavy atom. The maximum Gasteiger partial charge on any atom is 0.0320 e. The van der Waals surface area contributed by atoms with E-state index in [0.29, 0.717) is 6.04 Å². The van der Waals surface area contributed by atoms with Gasteiger partial charge in [-0.15, -0.1) is 0 Å². The molecule has 0 amide bonds. The van der Waals surface area contributed by atoms with Gasteiger partial charge in [0.15, 0.2) is 0 Å². The van der Waals surface area contributed by atoms with E-state index in [2.05, 4.69) is 42.7 Å². The van der Waals surface area contributed by atoms with Gasteiger partial charge in [0.2, 0.25) is 0 Å². The van der Waals surface area contributed by atoms with Gasteiger partial charge in [-0.1, -0.05) is 36.9 Å². The van der Waals surface area contributed by atoms with Crippen molar-refractivity contribution in [2.75, 3.05) is 13.1 Å². The number of likely N-dealkylation sites (tertiary alicyclic amines) is 1. The zero-order chi connectivity index (χ0) is 10.7. The van der Waals surface area contributed by atoms with Gasteiger partial charge in [0.05, 0.1) is 0 Å². The summed E-state index contributed by atoms with van der Waals surface area (Å²) in [6.45, 7) is 8.61. The molecule has 0 aliphatic carbocycles. The zero-order valence-electron chi connectivity index (χ0n) is 9.45. The van der Waals surface area contributed by atoms with Crippen molar-refractivity contribution in [1.29, 1.82) is 0 Å². The summed E-state index contributed by atoms with van der Waals surface area (Å²) in [5.74, 6) is 0. The van der Waals surface area contributed by atoms with Gasteiger partial charge in [-0.05, 0) is 44.0 Å². The first-order valence-corrected chi connectivity index (χ1v) is 5.77. The van der Waals surface area contributed by atoms with Gasteiger partial charge in [-0.2, -0.15) is 0 Å². The number of hydrogen-bond acceptors (Lipinski definition) is 1. The Labute approximate surface area is 92.4 Å². The van der Waals surface area contributed by atoms with Gasteiger partial charge in [0.25, 0.3) is 0 Å². The summed E-state index contributed by atoms with van der Waals surface area (Å²) in [7, 11) is 0. The van der Waals surface area contributed by atoms with Crippen LogP contribution in [0.1, 0.15) is 36.9 Å². The van der Waals surface area contributed by atoms with Crippen LogP contribution < -0.4 is 0 Å². The molecule has 1 heterocycles. The predicted octanol–water partition coefficient (Wildman–Crippen LogP) is 3.49. The minimum absolute atomic E-state index is 0.549. The fraction of sp³-hybridized carbons (Fsp3) is 0.429. The summed E-state index contributed by atoms with van der Waals surface area (Å²) in [5, 5.41) is 0. The molecule has 1 nitrogen and oxygen atoms in total. The molecule has 1 heteroatoms. The fourth-order valence-electron chi connectivity index (χ4n) is 2.29. The molecule has 80 valence electrons. The van der Waals surface area contributed by atoms with Crippen molar-refractivity contribution in [3.63, 3.8) is 0 Å². The first-order valence-electron chi connectivity index (χ1n) is 5.77. The van der Waals surface area contributed by atoms with E-state index in [1.165, 1.54) is 37.1 Å². The summed E-state index contributed by atoms with van der Waals surface area (Å²) in [5.41, 5.74) is 2.63. The van der Waals surface area contributed by atoms with E-state index >= 15 is 0 Å². The van der Waals surface area contributed by atoms with E-state index < -0.39 is 0 Å². The molecule has 1 aliphatic heterocycles. The average Bonchev–Trinajstić information content (AvgIpc) is 2.81. The van der Waals surface area contributed by atoms with Gasteiger partial charge >= 0.3 is 0 Å². The van der Waals surface area contributed by atoms with Gasteiger partial charge in [0, 0.05) is 6.04 Å². The Bertz CT molecular complexity index is 337. The maximum absolute atomic E-state index is 3.82. The van der Waals surface area contributed by atoms with Crippen molar-refractivity contribution >= 4 is 6.08 Å². The first kappa shape index (κ1) is 10.4. The van der Waals surface area contributed by atoms with E-state index in [1.807, 2.05) is 6.08 Å². The van der Waals surface area contributed by atoms with Crippen LogP contribution in [0.15, 0.2) is 30.8 Å². The van der Waals surface area contributed by atoms with Crippen LogP contribution in [0.2, 0.25) is 0 Å². The van der Waals surface area contributed by atoms with Crippen LogP contribution in [0, 0.1) is 0 Å². The van der Waals surface area contributed by atoms with E-state index in [4.69, 9.17) is 0 Å². The minimum Gasteiger partial charge on any atom is -0.297 e. The SMILES string of the molecule is C=Cc1cccc(C(C)N2CCCC2)c1. The summed E-state index contributed by atoms with van der Waals surface area (Å²) >= 11 is 0. The maximum atomic E-state index is 3.82. The molecule has 0 radical (unpaired) electrons. The van der Waals surface area contributed by atoms with Crippen molar-refractivity contribution in [3.8, 4) is 0 Å². The normalized spacial score (nSPS) is 19.0. The zero-order valence-corrected chi connectivity index (χ0v) is 9.45. The van der Waals surface area contributed by atoms with Gasteiger partial charge in [-0.3, -0.25) is 4.90 Å². The Kier molecular flexibility index (Phi) is 3.22. The lowest BCUT2D eigenvalue weighted by atomic mass is 10.0. The first-order chi connectivity index (χ1) is 7.31. The highest BCUT2D eigenvalue weighted by molar-refractivity contribution is 5.48. The number of hydrogen-bond donors (Lipinski definition) is 0. The standard InChI is InChI=1S/C14H19N/c1-3-13-7-6-8-14(11-13)12(2)15-9-4-5-10-15/h3,6-8,11-12H,1,4-5,9-10H2,2H3. The molecule has 0 saturated carbocycles. The average molecular weight is 201 g/mol. The van der Waals surface area contributed by atoms with Crippen LogP contribution in [0.4, 0.5) is 0 Å². The molecule has 2 rings (SSSR count). The van der Waals surface area contributed by atoms with Crippen LogP contribution in [0.5, 0.6) is 0 Å². The van der Waals surface area contributed by atoms with E-state index in [-0.39, 0.29) is 0 Å². The largest absolute Gasteiger partial charge is 0.297 e. The smallest absolute Gasteiger partial charge is 0.0320 e. The molecule has 1 fully saturated rings. The second kappa shape index (κ2) is 4.63. The van der Waals surface area contributed by atoms with Crippen LogP contribution in [0.3, 0.4) is 0 Å². The highest BCUT2D eigenvalue weighted by atomic mass is 15.2. The molecule has 15 heavy (non-hydrogen) atoms. The molecule has 0 spiro atoms. The molecule has 1 saturated heterocycles. The lowest BCUT2D eigenvalue weighted by Crippen LogP contribution is -2.23. The number of benzene rings is 1. The number of rotatable bonds is 3. The highest BCUT2D eigenvalue weighted by Crippen LogP contribution is 2.25. The minimum atomic E-state index is 0.549. The monoisotopic (exact) mass is 201 g/mol. The highest BCUT2D eigenvalue weighted by Gasteiger charge is 2.18. The number of nitrogens with zero attached hydrogens (tertiary/aromatic N) is 1. The molecule has 0 N–H and O–H groups in total. The van der Waals surface area contributed by atoms with E-state index in [9.17, 15) is 0 Å². The van der Waals surface area contributed by atoms with Gasteiger partial charge < -0.3 is 0 Å². The molecule has 0 bridgehead atoms. The Morgan fingerprint density at radius 3 is 2.73 bits per heavy atom. The van der Waals surface area contributed by atoms with Crippen molar-refractivity contribution in [1.82, 2.24) is 4.90 Å². The van der Waals surface area contributed by atoms with Gasteiger partial charge in [-0.25, -0.2) is 0 Å².